The molecule has 2 fully saturated rings. The number of rotatable bonds is 6. The average Bonchev–Trinajstić information content (AvgIpc) is 3.07. The first-order valence-electron chi connectivity index (χ1n) is 8.18. The first kappa shape index (κ1) is 14.9. The van der Waals surface area contributed by atoms with E-state index in [4.69, 9.17) is 4.74 Å². The monoisotopic (exact) mass is 289 g/mol. The molecule has 21 heavy (non-hydrogen) atoms. The van der Waals surface area contributed by atoms with Crippen molar-refractivity contribution in [1.82, 2.24) is 4.90 Å². The van der Waals surface area contributed by atoms with Gasteiger partial charge in [-0.1, -0.05) is 24.6 Å². The van der Waals surface area contributed by atoms with Gasteiger partial charge in [0.25, 0.3) is 0 Å². The number of aliphatic hydroxyl groups is 1. The highest BCUT2D eigenvalue weighted by molar-refractivity contribution is 5.38. The largest absolute Gasteiger partial charge is 0.491 e. The van der Waals surface area contributed by atoms with Crippen LogP contribution in [0.25, 0.3) is 0 Å². The van der Waals surface area contributed by atoms with Crippen molar-refractivity contribution in [3.63, 3.8) is 0 Å². The fraction of sp³-hybridized carbons (Fsp3) is 0.667. The van der Waals surface area contributed by atoms with Crippen molar-refractivity contribution in [3.05, 3.63) is 29.8 Å². The molecule has 1 aromatic rings. The normalized spacial score (nSPS) is 29.0. The van der Waals surface area contributed by atoms with Gasteiger partial charge >= 0.3 is 0 Å². The SMILES string of the molecule is CN(C)CC(O)COc1ccccc1C1CC2CCC1C2. The van der Waals surface area contributed by atoms with Crippen LogP contribution in [0.15, 0.2) is 24.3 Å². The van der Waals surface area contributed by atoms with E-state index in [1.165, 1.54) is 31.2 Å². The fourth-order valence-electron chi connectivity index (χ4n) is 4.20. The topological polar surface area (TPSA) is 32.7 Å². The van der Waals surface area contributed by atoms with Gasteiger partial charge in [0, 0.05) is 6.54 Å². The van der Waals surface area contributed by atoms with Crippen LogP contribution in [0.3, 0.4) is 0 Å². The number of likely N-dealkylation sites (N-methyl/N-ethyl adjacent to an activating group) is 1. The first-order valence-corrected chi connectivity index (χ1v) is 8.18. The summed E-state index contributed by atoms with van der Waals surface area (Å²) < 4.78 is 5.94. The highest BCUT2D eigenvalue weighted by atomic mass is 16.5. The molecular formula is C18H27NO2. The summed E-state index contributed by atoms with van der Waals surface area (Å²) in [4.78, 5) is 1.98. The van der Waals surface area contributed by atoms with E-state index in [0.29, 0.717) is 19.1 Å². The van der Waals surface area contributed by atoms with Crippen molar-refractivity contribution in [2.45, 2.75) is 37.7 Å². The summed E-state index contributed by atoms with van der Waals surface area (Å²) in [6.07, 6.45) is 5.10. The molecule has 0 spiro atoms. The Morgan fingerprint density at radius 3 is 2.71 bits per heavy atom. The molecule has 3 heteroatoms. The third kappa shape index (κ3) is 3.41. The van der Waals surface area contributed by atoms with Crippen LogP contribution in [0.4, 0.5) is 0 Å². The molecule has 2 bridgehead atoms. The van der Waals surface area contributed by atoms with Crippen LogP contribution in [0.2, 0.25) is 0 Å². The van der Waals surface area contributed by atoms with Crippen LogP contribution in [-0.2, 0) is 0 Å². The van der Waals surface area contributed by atoms with Gasteiger partial charge in [0.1, 0.15) is 18.5 Å². The van der Waals surface area contributed by atoms with E-state index in [9.17, 15) is 5.11 Å². The average molecular weight is 289 g/mol. The Balaban J connectivity index is 1.66. The summed E-state index contributed by atoms with van der Waals surface area (Å²) in [6, 6.07) is 8.43. The van der Waals surface area contributed by atoms with Crippen molar-refractivity contribution in [1.29, 1.82) is 0 Å². The molecule has 0 amide bonds. The highest BCUT2D eigenvalue weighted by Gasteiger charge is 2.41. The zero-order chi connectivity index (χ0) is 14.8. The standard InChI is InChI=1S/C18H27NO2/c1-19(2)11-15(20)12-21-18-6-4-3-5-16(18)17-10-13-7-8-14(17)9-13/h3-6,13-15,17,20H,7-12H2,1-2H3. The highest BCUT2D eigenvalue weighted by Crippen LogP contribution is 2.54. The molecule has 4 unspecified atom stereocenters. The summed E-state index contributed by atoms with van der Waals surface area (Å²) in [5.74, 6) is 3.44. The minimum Gasteiger partial charge on any atom is -0.491 e. The fourth-order valence-corrected chi connectivity index (χ4v) is 4.20. The maximum absolute atomic E-state index is 9.98. The van der Waals surface area contributed by atoms with E-state index in [1.807, 2.05) is 25.1 Å². The molecule has 0 aliphatic heterocycles. The van der Waals surface area contributed by atoms with Gasteiger partial charge in [-0.05, 0) is 62.7 Å². The van der Waals surface area contributed by atoms with Crippen LogP contribution in [0, 0.1) is 11.8 Å². The molecule has 1 aromatic carbocycles. The lowest BCUT2D eigenvalue weighted by molar-refractivity contribution is 0.0823. The van der Waals surface area contributed by atoms with Crippen molar-refractivity contribution in [2.24, 2.45) is 11.8 Å². The number of fused-ring (bicyclic) bond motifs is 2. The summed E-state index contributed by atoms with van der Waals surface area (Å²) in [5, 5.41) is 9.98. The van der Waals surface area contributed by atoms with Crippen molar-refractivity contribution < 1.29 is 9.84 Å². The number of hydrogen-bond donors (Lipinski definition) is 1. The van der Waals surface area contributed by atoms with Crippen molar-refractivity contribution in [3.8, 4) is 5.75 Å². The Labute approximate surface area is 127 Å². The second-order valence-electron chi connectivity index (χ2n) is 7.05. The third-order valence-corrected chi connectivity index (χ3v) is 5.06. The Kier molecular flexibility index (Phi) is 4.51. The number of para-hydroxylation sites is 1. The first-order chi connectivity index (χ1) is 10.1. The van der Waals surface area contributed by atoms with Crippen molar-refractivity contribution in [2.75, 3.05) is 27.2 Å². The molecule has 2 aliphatic carbocycles. The van der Waals surface area contributed by atoms with E-state index in [2.05, 4.69) is 18.2 Å². The van der Waals surface area contributed by atoms with Gasteiger partial charge in [0.2, 0.25) is 0 Å². The molecule has 1 N–H and O–H groups in total. The summed E-state index contributed by atoms with van der Waals surface area (Å²) in [7, 11) is 3.93. The van der Waals surface area contributed by atoms with Gasteiger partial charge < -0.3 is 14.7 Å². The Morgan fingerprint density at radius 2 is 2.05 bits per heavy atom. The number of aliphatic hydroxyl groups excluding tert-OH is 1. The van der Waals surface area contributed by atoms with Gasteiger partial charge in [-0.2, -0.15) is 0 Å². The molecule has 0 heterocycles. The van der Waals surface area contributed by atoms with E-state index in [1.54, 1.807) is 0 Å². The second-order valence-corrected chi connectivity index (χ2v) is 7.05. The number of ether oxygens (including phenoxy) is 1. The summed E-state index contributed by atoms with van der Waals surface area (Å²) in [6.45, 7) is 1.01. The van der Waals surface area contributed by atoms with E-state index in [0.717, 1.165) is 17.6 Å². The van der Waals surface area contributed by atoms with Crippen LogP contribution in [0.5, 0.6) is 5.75 Å². The zero-order valence-electron chi connectivity index (χ0n) is 13.2. The summed E-state index contributed by atoms with van der Waals surface area (Å²) in [5.41, 5.74) is 1.36. The van der Waals surface area contributed by atoms with Crippen LogP contribution in [-0.4, -0.2) is 43.4 Å². The van der Waals surface area contributed by atoms with Gasteiger partial charge in [0.15, 0.2) is 0 Å². The van der Waals surface area contributed by atoms with E-state index >= 15 is 0 Å². The molecule has 3 rings (SSSR count). The minimum absolute atomic E-state index is 0.371. The van der Waals surface area contributed by atoms with Gasteiger partial charge in [-0.25, -0.2) is 0 Å². The lowest BCUT2D eigenvalue weighted by Crippen LogP contribution is -2.30. The Bertz CT molecular complexity index is 474. The molecule has 0 saturated heterocycles. The van der Waals surface area contributed by atoms with Crippen LogP contribution < -0.4 is 4.74 Å². The minimum atomic E-state index is -0.437. The van der Waals surface area contributed by atoms with E-state index < -0.39 is 6.10 Å². The Hall–Kier alpha value is -1.06. The molecule has 4 atom stereocenters. The number of nitrogens with zero attached hydrogens (tertiary/aromatic N) is 1. The van der Waals surface area contributed by atoms with E-state index in [-0.39, 0.29) is 0 Å². The molecule has 2 saturated carbocycles. The molecule has 2 aliphatic rings. The lowest BCUT2D eigenvalue weighted by atomic mass is 9.83. The predicted octanol–water partition coefficient (Wildman–Crippen LogP) is 2.89. The third-order valence-electron chi connectivity index (χ3n) is 5.06. The smallest absolute Gasteiger partial charge is 0.122 e. The summed E-state index contributed by atoms with van der Waals surface area (Å²) >= 11 is 0. The van der Waals surface area contributed by atoms with Crippen molar-refractivity contribution >= 4 is 0 Å². The van der Waals surface area contributed by atoms with Gasteiger partial charge in [-0.3, -0.25) is 0 Å². The number of hydrogen-bond acceptors (Lipinski definition) is 3. The quantitative estimate of drug-likeness (QED) is 0.874. The van der Waals surface area contributed by atoms with Crippen LogP contribution in [0.1, 0.15) is 37.2 Å². The maximum Gasteiger partial charge on any atom is 0.122 e. The zero-order valence-corrected chi connectivity index (χ0v) is 13.2. The van der Waals surface area contributed by atoms with Gasteiger partial charge in [-0.15, -0.1) is 0 Å². The molecule has 3 nitrogen and oxygen atoms in total. The van der Waals surface area contributed by atoms with Crippen LogP contribution >= 0.6 is 0 Å². The molecule has 0 radical (unpaired) electrons. The predicted molar refractivity (Wildman–Crippen MR) is 84.7 cm³/mol. The molecule has 116 valence electrons. The number of benzene rings is 1. The second kappa shape index (κ2) is 6.37. The molecular weight excluding hydrogens is 262 g/mol. The lowest BCUT2D eigenvalue weighted by Gasteiger charge is -2.25. The Morgan fingerprint density at radius 1 is 1.24 bits per heavy atom. The maximum atomic E-state index is 9.98. The molecule has 0 aromatic heterocycles. The van der Waals surface area contributed by atoms with Gasteiger partial charge in [0.05, 0.1) is 0 Å².